The van der Waals surface area contributed by atoms with Gasteiger partial charge in [-0.3, -0.25) is 4.79 Å². The molecule has 5 rings (SSSR count). The molecule has 0 amide bonds. The highest BCUT2D eigenvalue weighted by Crippen LogP contribution is 2.60. The SMILES string of the molecule is O=C(c1ccsc1)C12CC3CC(CC(C3)C1)C2. The van der Waals surface area contributed by atoms with Gasteiger partial charge in [0.2, 0.25) is 0 Å². The molecule has 4 fully saturated rings. The van der Waals surface area contributed by atoms with E-state index in [0.29, 0.717) is 5.78 Å². The summed E-state index contributed by atoms with van der Waals surface area (Å²) in [5, 5.41) is 4.08. The van der Waals surface area contributed by atoms with Crippen LogP contribution in [-0.4, -0.2) is 5.78 Å². The molecule has 0 unspecified atom stereocenters. The molecule has 0 radical (unpaired) electrons. The van der Waals surface area contributed by atoms with Crippen molar-refractivity contribution >= 4 is 17.1 Å². The maximum absolute atomic E-state index is 12.8. The lowest BCUT2D eigenvalue weighted by Crippen LogP contribution is -2.49. The van der Waals surface area contributed by atoms with Crippen molar-refractivity contribution in [2.45, 2.75) is 38.5 Å². The molecule has 1 nitrogen and oxygen atoms in total. The van der Waals surface area contributed by atoms with Crippen LogP contribution >= 0.6 is 11.3 Å². The summed E-state index contributed by atoms with van der Waals surface area (Å²) in [7, 11) is 0. The Kier molecular flexibility index (Phi) is 2.09. The van der Waals surface area contributed by atoms with Crippen LogP contribution in [0.2, 0.25) is 0 Å². The minimum Gasteiger partial charge on any atom is -0.294 e. The molecule has 1 aromatic rings. The molecular weight excluding hydrogens is 228 g/mol. The lowest BCUT2D eigenvalue weighted by Gasteiger charge is -2.55. The third-order valence-corrected chi connectivity index (χ3v) is 5.99. The molecule has 0 aromatic carbocycles. The average Bonchev–Trinajstić information content (AvgIpc) is 2.79. The molecule has 0 spiro atoms. The minimum atomic E-state index is 0.0514. The normalized spacial score (nSPS) is 42.9. The summed E-state index contributed by atoms with van der Waals surface area (Å²) in [5.41, 5.74) is 1.03. The Morgan fingerprint density at radius 2 is 1.71 bits per heavy atom. The van der Waals surface area contributed by atoms with Gasteiger partial charge in [-0.2, -0.15) is 11.3 Å². The van der Waals surface area contributed by atoms with Crippen LogP contribution < -0.4 is 0 Å². The van der Waals surface area contributed by atoms with E-state index in [4.69, 9.17) is 0 Å². The Hall–Kier alpha value is -0.630. The van der Waals surface area contributed by atoms with Gasteiger partial charge in [0.05, 0.1) is 0 Å². The highest BCUT2D eigenvalue weighted by atomic mass is 32.1. The van der Waals surface area contributed by atoms with Gasteiger partial charge < -0.3 is 0 Å². The summed E-state index contributed by atoms with van der Waals surface area (Å²) in [6.07, 6.45) is 7.80. The van der Waals surface area contributed by atoms with Gasteiger partial charge in [-0.1, -0.05) is 0 Å². The van der Waals surface area contributed by atoms with Crippen molar-refractivity contribution < 1.29 is 4.79 Å². The Labute approximate surface area is 106 Å². The van der Waals surface area contributed by atoms with Crippen LogP contribution in [0.25, 0.3) is 0 Å². The fourth-order valence-corrected chi connectivity index (χ4v) is 5.72. The van der Waals surface area contributed by atoms with E-state index in [2.05, 4.69) is 0 Å². The van der Waals surface area contributed by atoms with Gasteiger partial charge in [0, 0.05) is 16.4 Å². The van der Waals surface area contributed by atoms with Crippen molar-refractivity contribution in [2.24, 2.45) is 23.2 Å². The molecule has 4 aliphatic carbocycles. The fraction of sp³-hybridized carbons (Fsp3) is 0.667. The van der Waals surface area contributed by atoms with E-state index in [1.165, 1.54) is 38.5 Å². The third-order valence-electron chi connectivity index (χ3n) is 5.30. The monoisotopic (exact) mass is 246 g/mol. The highest BCUT2D eigenvalue weighted by molar-refractivity contribution is 7.08. The van der Waals surface area contributed by atoms with E-state index >= 15 is 0 Å². The van der Waals surface area contributed by atoms with Gasteiger partial charge in [0.25, 0.3) is 0 Å². The third kappa shape index (κ3) is 1.46. The Morgan fingerprint density at radius 1 is 1.12 bits per heavy atom. The number of Topliss-reactive ketones (excluding diaryl/α,β-unsaturated/α-hetero) is 1. The summed E-state index contributed by atoms with van der Waals surface area (Å²) in [6.45, 7) is 0. The molecule has 0 aliphatic heterocycles. The number of carbonyl (C=O) groups is 1. The number of rotatable bonds is 2. The summed E-state index contributed by atoms with van der Waals surface area (Å²) in [5.74, 6) is 3.06. The largest absolute Gasteiger partial charge is 0.294 e. The fourth-order valence-electron chi connectivity index (χ4n) is 5.09. The Balaban J connectivity index is 1.71. The second-order valence-electron chi connectivity index (χ2n) is 6.54. The molecule has 90 valence electrons. The predicted molar refractivity (Wildman–Crippen MR) is 69.3 cm³/mol. The van der Waals surface area contributed by atoms with E-state index < -0.39 is 0 Å². The molecule has 0 N–H and O–H groups in total. The van der Waals surface area contributed by atoms with Crippen molar-refractivity contribution in [1.29, 1.82) is 0 Å². The molecule has 0 atom stereocenters. The van der Waals surface area contributed by atoms with Gasteiger partial charge in [-0.15, -0.1) is 0 Å². The molecule has 0 saturated heterocycles. The van der Waals surface area contributed by atoms with Gasteiger partial charge in [0.15, 0.2) is 5.78 Å². The smallest absolute Gasteiger partial charge is 0.169 e. The van der Waals surface area contributed by atoms with Crippen molar-refractivity contribution in [3.63, 3.8) is 0 Å². The van der Waals surface area contributed by atoms with Gasteiger partial charge >= 0.3 is 0 Å². The van der Waals surface area contributed by atoms with Crippen LogP contribution in [0.5, 0.6) is 0 Å². The molecule has 4 bridgehead atoms. The van der Waals surface area contributed by atoms with Crippen molar-refractivity contribution in [3.8, 4) is 0 Å². The first-order chi connectivity index (χ1) is 8.25. The Morgan fingerprint density at radius 3 is 2.18 bits per heavy atom. The first-order valence-electron chi connectivity index (χ1n) is 6.82. The summed E-state index contributed by atoms with van der Waals surface area (Å²) in [4.78, 5) is 12.8. The first-order valence-corrected chi connectivity index (χ1v) is 7.76. The first kappa shape index (κ1) is 10.3. The zero-order chi connectivity index (χ0) is 11.5. The van der Waals surface area contributed by atoms with E-state index in [-0.39, 0.29) is 5.41 Å². The van der Waals surface area contributed by atoms with Gasteiger partial charge in [-0.25, -0.2) is 0 Å². The van der Waals surface area contributed by atoms with Crippen LogP contribution in [0.4, 0.5) is 0 Å². The van der Waals surface area contributed by atoms with Crippen LogP contribution in [-0.2, 0) is 0 Å². The number of hydrogen-bond acceptors (Lipinski definition) is 2. The molecular formula is C15H18OS. The maximum atomic E-state index is 12.8. The van der Waals surface area contributed by atoms with Crippen LogP contribution in [0.15, 0.2) is 16.8 Å². The lowest BCUT2D eigenvalue weighted by molar-refractivity contribution is -0.0352. The predicted octanol–water partition coefficient (Wildman–Crippen LogP) is 4.15. The highest BCUT2D eigenvalue weighted by Gasteiger charge is 2.54. The average molecular weight is 246 g/mol. The minimum absolute atomic E-state index is 0.0514. The maximum Gasteiger partial charge on any atom is 0.169 e. The second-order valence-corrected chi connectivity index (χ2v) is 7.32. The molecule has 2 heteroatoms. The Bertz CT molecular complexity index is 410. The van der Waals surface area contributed by atoms with Gasteiger partial charge in [-0.05, 0) is 67.7 Å². The van der Waals surface area contributed by atoms with Crippen molar-refractivity contribution in [3.05, 3.63) is 22.4 Å². The van der Waals surface area contributed by atoms with Crippen LogP contribution in [0.3, 0.4) is 0 Å². The zero-order valence-electron chi connectivity index (χ0n) is 10.0. The van der Waals surface area contributed by atoms with E-state index in [9.17, 15) is 4.79 Å². The summed E-state index contributed by atoms with van der Waals surface area (Å²) in [6, 6.07) is 2.02. The van der Waals surface area contributed by atoms with Crippen LogP contribution in [0.1, 0.15) is 48.9 Å². The summed E-state index contributed by atoms with van der Waals surface area (Å²) < 4.78 is 0. The topological polar surface area (TPSA) is 17.1 Å². The molecule has 4 saturated carbocycles. The van der Waals surface area contributed by atoms with Crippen molar-refractivity contribution in [1.82, 2.24) is 0 Å². The quantitative estimate of drug-likeness (QED) is 0.716. The van der Waals surface area contributed by atoms with Gasteiger partial charge in [0.1, 0.15) is 0 Å². The molecule has 1 aromatic heterocycles. The molecule has 1 heterocycles. The van der Waals surface area contributed by atoms with Crippen LogP contribution in [0, 0.1) is 23.2 Å². The number of ketones is 1. The summed E-state index contributed by atoms with van der Waals surface area (Å²) >= 11 is 1.65. The number of hydrogen-bond donors (Lipinski definition) is 0. The van der Waals surface area contributed by atoms with Crippen molar-refractivity contribution in [2.75, 3.05) is 0 Å². The zero-order valence-corrected chi connectivity index (χ0v) is 10.8. The number of carbonyl (C=O) groups excluding carboxylic acids is 1. The van der Waals surface area contributed by atoms with E-state index in [0.717, 1.165) is 23.3 Å². The van der Waals surface area contributed by atoms with E-state index in [1.54, 1.807) is 11.3 Å². The second kappa shape index (κ2) is 3.44. The lowest BCUT2D eigenvalue weighted by atomic mass is 9.48. The molecule has 17 heavy (non-hydrogen) atoms. The standard InChI is InChI=1S/C15H18OS/c16-14(13-1-2-17-9-13)15-6-10-3-11(7-15)5-12(4-10)8-15/h1-2,9-12H,3-8H2. The molecule has 4 aliphatic rings. The number of thiophene rings is 1. The van der Waals surface area contributed by atoms with E-state index in [1.807, 2.05) is 16.8 Å².